The molecule has 1 aromatic heterocycles. The molecule has 0 aliphatic carbocycles. The molecule has 0 saturated carbocycles. The summed E-state index contributed by atoms with van der Waals surface area (Å²) >= 11 is 0. The van der Waals surface area contributed by atoms with Crippen molar-refractivity contribution in [1.29, 1.82) is 0 Å². The van der Waals surface area contributed by atoms with Crippen LogP contribution in [-0.2, 0) is 6.54 Å². The molecule has 2 aromatic rings. The van der Waals surface area contributed by atoms with Crippen molar-refractivity contribution in [2.45, 2.75) is 27.3 Å². The second-order valence-corrected chi connectivity index (χ2v) is 4.43. The Morgan fingerprint density at radius 3 is 2.56 bits per heavy atom. The largest absolute Gasteiger partial charge is 0.438 e. The Bertz CT molecular complexity index is 564. The smallest absolute Gasteiger partial charge is 0.223 e. The highest BCUT2D eigenvalue weighted by molar-refractivity contribution is 5.46. The van der Waals surface area contributed by atoms with Crippen LogP contribution in [0.5, 0.6) is 11.6 Å². The predicted molar refractivity (Wildman–Crippen MR) is 72.9 cm³/mol. The van der Waals surface area contributed by atoms with Crippen molar-refractivity contribution in [2.24, 2.45) is 5.73 Å². The topological polar surface area (TPSA) is 48.1 Å². The van der Waals surface area contributed by atoms with Crippen molar-refractivity contribution in [3.05, 3.63) is 52.7 Å². The zero-order valence-electron chi connectivity index (χ0n) is 11.0. The normalized spacial score (nSPS) is 10.4. The molecule has 0 aliphatic heterocycles. The number of ether oxygens (including phenoxy) is 1. The van der Waals surface area contributed by atoms with Crippen LogP contribution in [0.25, 0.3) is 0 Å². The van der Waals surface area contributed by atoms with E-state index in [9.17, 15) is 0 Å². The molecule has 0 amide bonds. The number of benzene rings is 1. The lowest BCUT2D eigenvalue weighted by Crippen LogP contribution is -2.02. The Morgan fingerprint density at radius 2 is 1.83 bits per heavy atom. The van der Waals surface area contributed by atoms with Gasteiger partial charge in [-0.25, -0.2) is 4.98 Å². The molecule has 1 heterocycles. The van der Waals surface area contributed by atoms with Gasteiger partial charge in [0.1, 0.15) is 5.75 Å². The van der Waals surface area contributed by atoms with Gasteiger partial charge < -0.3 is 10.5 Å². The highest BCUT2D eigenvalue weighted by atomic mass is 16.5. The lowest BCUT2D eigenvalue weighted by molar-refractivity contribution is 0.449. The lowest BCUT2D eigenvalue weighted by Gasteiger charge is -2.14. The maximum atomic E-state index is 5.95. The fourth-order valence-electron chi connectivity index (χ4n) is 1.85. The molecule has 0 saturated heterocycles. The van der Waals surface area contributed by atoms with Gasteiger partial charge in [0.15, 0.2) is 0 Å². The highest BCUT2D eigenvalue weighted by Crippen LogP contribution is 2.30. The average molecular weight is 242 g/mol. The van der Waals surface area contributed by atoms with E-state index in [0.717, 1.165) is 22.4 Å². The van der Waals surface area contributed by atoms with Crippen LogP contribution < -0.4 is 10.5 Å². The highest BCUT2D eigenvalue weighted by Gasteiger charge is 2.10. The molecule has 1 aromatic carbocycles. The third-order valence-corrected chi connectivity index (χ3v) is 3.14. The SMILES string of the molecule is Cc1ccc(C)c(Oc2ncccc2CN)c1C. The van der Waals surface area contributed by atoms with E-state index < -0.39 is 0 Å². The Balaban J connectivity index is 2.43. The number of aromatic nitrogens is 1. The van der Waals surface area contributed by atoms with Gasteiger partial charge in [-0.2, -0.15) is 0 Å². The first-order valence-electron chi connectivity index (χ1n) is 6.02. The molecular formula is C15H18N2O. The van der Waals surface area contributed by atoms with Crippen LogP contribution in [0.4, 0.5) is 0 Å². The zero-order valence-corrected chi connectivity index (χ0v) is 11.0. The van der Waals surface area contributed by atoms with Crippen molar-refractivity contribution in [3.8, 4) is 11.6 Å². The summed E-state index contributed by atoms with van der Waals surface area (Å²) in [6, 6.07) is 7.95. The van der Waals surface area contributed by atoms with Gasteiger partial charge in [0.2, 0.25) is 5.88 Å². The summed E-state index contributed by atoms with van der Waals surface area (Å²) in [5.74, 6) is 1.47. The molecular weight excluding hydrogens is 224 g/mol. The zero-order chi connectivity index (χ0) is 13.1. The van der Waals surface area contributed by atoms with Gasteiger partial charge in [0.05, 0.1) is 0 Å². The van der Waals surface area contributed by atoms with E-state index in [-0.39, 0.29) is 0 Å². The number of nitrogens with two attached hydrogens (primary N) is 1. The standard InChI is InChI=1S/C15H18N2O/c1-10-6-7-11(2)14(12(10)3)18-15-13(9-16)5-4-8-17-15/h4-8H,9,16H2,1-3H3. The molecule has 3 heteroatoms. The summed E-state index contributed by atoms with van der Waals surface area (Å²) in [5, 5.41) is 0. The maximum absolute atomic E-state index is 5.95. The molecule has 0 bridgehead atoms. The second-order valence-electron chi connectivity index (χ2n) is 4.43. The number of rotatable bonds is 3. The molecule has 0 spiro atoms. The van der Waals surface area contributed by atoms with Crippen LogP contribution in [0, 0.1) is 20.8 Å². The molecule has 0 aliphatic rings. The summed E-state index contributed by atoms with van der Waals surface area (Å²) in [7, 11) is 0. The molecule has 0 fully saturated rings. The van der Waals surface area contributed by atoms with E-state index in [4.69, 9.17) is 10.5 Å². The Hall–Kier alpha value is -1.87. The molecule has 0 unspecified atom stereocenters. The van der Waals surface area contributed by atoms with Crippen LogP contribution in [0.3, 0.4) is 0 Å². The van der Waals surface area contributed by atoms with Gasteiger partial charge in [-0.3, -0.25) is 0 Å². The van der Waals surface area contributed by atoms with Gasteiger partial charge in [-0.05, 0) is 43.5 Å². The van der Waals surface area contributed by atoms with Crippen LogP contribution in [-0.4, -0.2) is 4.98 Å². The van der Waals surface area contributed by atoms with E-state index >= 15 is 0 Å². The van der Waals surface area contributed by atoms with E-state index in [0.29, 0.717) is 12.4 Å². The maximum Gasteiger partial charge on any atom is 0.223 e. The molecule has 94 valence electrons. The number of hydrogen-bond donors (Lipinski definition) is 1. The van der Waals surface area contributed by atoms with Crippen molar-refractivity contribution in [3.63, 3.8) is 0 Å². The Kier molecular flexibility index (Phi) is 3.63. The predicted octanol–water partition coefficient (Wildman–Crippen LogP) is 3.26. The van der Waals surface area contributed by atoms with Gasteiger partial charge in [-0.15, -0.1) is 0 Å². The summed E-state index contributed by atoms with van der Waals surface area (Å²) in [5.41, 5.74) is 10.1. The van der Waals surface area contributed by atoms with E-state index in [1.54, 1.807) is 6.20 Å². The average Bonchev–Trinajstić information content (AvgIpc) is 2.39. The third-order valence-electron chi connectivity index (χ3n) is 3.14. The Morgan fingerprint density at radius 1 is 1.11 bits per heavy atom. The number of aryl methyl sites for hydroxylation is 2. The number of nitrogens with zero attached hydrogens (tertiary/aromatic N) is 1. The molecule has 2 N–H and O–H groups in total. The van der Waals surface area contributed by atoms with Gasteiger partial charge in [0, 0.05) is 18.3 Å². The lowest BCUT2D eigenvalue weighted by atomic mass is 10.1. The monoisotopic (exact) mass is 242 g/mol. The first kappa shape index (κ1) is 12.6. The van der Waals surface area contributed by atoms with Crippen molar-refractivity contribution in [1.82, 2.24) is 4.98 Å². The fraction of sp³-hybridized carbons (Fsp3) is 0.267. The number of hydrogen-bond acceptors (Lipinski definition) is 3. The van der Waals surface area contributed by atoms with E-state index in [2.05, 4.69) is 31.0 Å². The van der Waals surface area contributed by atoms with Gasteiger partial charge in [0.25, 0.3) is 0 Å². The molecule has 3 nitrogen and oxygen atoms in total. The quantitative estimate of drug-likeness (QED) is 0.898. The van der Waals surface area contributed by atoms with Gasteiger partial charge >= 0.3 is 0 Å². The summed E-state index contributed by atoms with van der Waals surface area (Å²) in [6.07, 6.45) is 1.72. The second kappa shape index (κ2) is 5.19. The first-order chi connectivity index (χ1) is 8.63. The minimum atomic E-state index is 0.424. The minimum absolute atomic E-state index is 0.424. The van der Waals surface area contributed by atoms with Crippen molar-refractivity contribution in [2.75, 3.05) is 0 Å². The van der Waals surface area contributed by atoms with Crippen molar-refractivity contribution >= 4 is 0 Å². The van der Waals surface area contributed by atoms with Crippen LogP contribution in [0.15, 0.2) is 30.5 Å². The first-order valence-corrected chi connectivity index (χ1v) is 6.02. The minimum Gasteiger partial charge on any atom is -0.438 e. The van der Waals surface area contributed by atoms with E-state index in [1.807, 2.05) is 19.1 Å². The third kappa shape index (κ3) is 2.36. The van der Waals surface area contributed by atoms with Gasteiger partial charge in [-0.1, -0.05) is 18.2 Å². The summed E-state index contributed by atoms with van der Waals surface area (Å²) < 4.78 is 5.95. The summed E-state index contributed by atoms with van der Waals surface area (Å²) in [4.78, 5) is 4.25. The van der Waals surface area contributed by atoms with Crippen LogP contribution >= 0.6 is 0 Å². The van der Waals surface area contributed by atoms with Crippen LogP contribution in [0.2, 0.25) is 0 Å². The molecule has 18 heavy (non-hydrogen) atoms. The molecule has 0 atom stereocenters. The van der Waals surface area contributed by atoms with Crippen molar-refractivity contribution < 1.29 is 4.74 Å². The number of pyridine rings is 1. The molecule has 0 radical (unpaired) electrons. The van der Waals surface area contributed by atoms with E-state index in [1.165, 1.54) is 5.56 Å². The summed E-state index contributed by atoms with van der Waals surface area (Å²) in [6.45, 7) is 6.59. The van der Waals surface area contributed by atoms with Crippen LogP contribution in [0.1, 0.15) is 22.3 Å². The Labute approximate surface area is 108 Å². The molecule has 2 rings (SSSR count). The fourth-order valence-corrected chi connectivity index (χ4v) is 1.85.